The largest absolute Gasteiger partial charge is 0.381 e. The molecule has 0 spiro atoms. The normalized spacial score (nSPS) is 19.0. The van der Waals surface area contributed by atoms with Crippen LogP contribution >= 0.6 is 11.3 Å². The lowest BCUT2D eigenvalue weighted by Gasteiger charge is -2.33. The highest BCUT2D eigenvalue weighted by atomic mass is 32.1. The van der Waals surface area contributed by atoms with Crippen molar-refractivity contribution in [3.63, 3.8) is 0 Å². The number of nitrogens with one attached hydrogen (secondary N) is 1. The van der Waals surface area contributed by atoms with E-state index in [1.165, 1.54) is 41.4 Å². The zero-order chi connectivity index (χ0) is 15.5. The van der Waals surface area contributed by atoms with E-state index in [1.54, 1.807) is 11.3 Å². The number of anilines is 1. The number of hydrogen-bond donors (Lipinski definition) is 1. The van der Waals surface area contributed by atoms with E-state index in [0.29, 0.717) is 6.04 Å². The molecule has 3 nitrogen and oxygen atoms in total. The van der Waals surface area contributed by atoms with Crippen molar-refractivity contribution >= 4 is 27.8 Å². The fourth-order valence-electron chi connectivity index (χ4n) is 3.43. The van der Waals surface area contributed by atoms with Crippen LogP contribution in [0.4, 0.5) is 5.69 Å². The highest BCUT2D eigenvalue weighted by molar-refractivity contribution is 7.07. The molecule has 0 amide bonds. The molecule has 1 unspecified atom stereocenters. The Morgan fingerprint density at radius 1 is 1.26 bits per heavy atom. The van der Waals surface area contributed by atoms with Crippen LogP contribution in [0.1, 0.15) is 18.4 Å². The molecule has 118 valence electrons. The highest BCUT2D eigenvalue weighted by Crippen LogP contribution is 2.25. The van der Waals surface area contributed by atoms with E-state index in [-0.39, 0.29) is 0 Å². The van der Waals surface area contributed by atoms with Crippen LogP contribution in [0.2, 0.25) is 0 Å². The van der Waals surface area contributed by atoms with E-state index >= 15 is 0 Å². The number of aromatic nitrogens is 1. The monoisotopic (exact) mass is 323 g/mol. The van der Waals surface area contributed by atoms with Crippen LogP contribution in [0.15, 0.2) is 53.5 Å². The Labute approximate surface area is 141 Å². The number of piperidine rings is 1. The minimum absolute atomic E-state index is 0.515. The quantitative estimate of drug-likeness (QED) is 0.772. The summed E-state index contributed by atoms with van der Waals surface area (Å²) in [5.41, 5.74) is 2.67. The van der Waals surface area contributed by atoms with Crippen LogP contribution in [0.25, 0.3) is 10.8 Å². The van der Waals surface area contributed by atoms with Crippen LogP contribution < -0.4 is 5.32 Å². The molecule has 2 aromatic heterocycles. The van der Waals surface area contributed by atoms with Crippen molar-refractivity contribution in [1.82, 2.24) is 9.88 Å². The minimum atomic E-state index is 0.515. The van der Waals surface area contributed by atoms with Crippen molar-refractivity contribution in [1.29, 1.82) is 0 Å². The first-order valence-electron chi connectivity index (χ1n) is 8.21. The first kappa shape index (κ1) is 14.7. The third-order valence-electron chi connectivity index (χ3n) is 4.53. The summed E-state index contributed by atoms with van der Waals surface area (Å²) in [6, 6.07) is 11.3. The maximum Gasteiger partial charge on any atom is 0.0423 e. The number of nitrogens with zero attached hydrogens (tertiary/aromatic N) is 2. The van der Waals surface area contributed by atoms with Crippen LogP contribution in [0.5, 0.6) is 0 Å². The molecular weight excluding hydrogens is 302 g/mol. The third-order valence-corrected chi connectivity index (χ3v) is 5.26. The van der Waals surface area contributed by atoms with E-state index in [1.807, 2.05) is 12.4 Å². The molecule has 1 aromatic carbocycles. The van der Waals surface area contributed by atoms with Gasteiger partial charge in [-0.05, 0) is 53.9 Å². The predicted octanol–water partition coefficient (Wildman–Crippen LogP) is 4.37. The second-order valence-electron chi connectivity index (χ2n) is 6.25. The van der Waals surface area contributed by atoms with E-state index in [9.17, 15) is 0 Å². The third kappa shape index (κ3) is 3.38. The summed E-state index contributed by atoms with van der Waals surface area (Å²) in [4.78, 5) is 6.78. The van der Waals surface area contributed by atoms with Gasteiger partial charge in [-0.3, -0.25) is 9.88 Å². The molecule has 1 atom stereocenters. The first-order chi connectivity index (χ1) is 11.4. The standard InChI is InChI=1S/C19H21N3S/c1-3-16-11-20-8-6-18(16)19(5-1)21-17-4-2-9-22(13-17)12-15-7-10-23-14-15/h1,3,5-8,10-11,14,17,21H,2,4,9,12-13H2. The summed E-state index contributed by atoms with van der Waals surface area (Å²) in [6.07, 6.45) is 6.30. The summed E-state index contributed by atoms with van der Waals surface area (Å²) in [5.74, 6) is 0. The zero-order valence-corrected chi connectivity index (χ0v) is 13.9. The second-order valence-corrected chi connectivity index (χ2v) is 7.03. The van der Waals surface area contributed by atoms with Gasteiger partial charge in [0.05, 0.1) is 0 Å². The molecule has 3 aromatic rings. The van der Waals surface area contributed by atoms with Gasteiger partial charge in [0.15, 0.2) is 0 Å². The molecule has 4 rings (SSSR count). The van der Waals surface area contributed by atoms with Gasteiger partial charge in [0.1, 0.15) is 0 Å². The van der Waals surface area contributed by atoms with Crippen LogP contribution in [-0.2, 0) is 6.54 Å². The van der Waals surface area contributed by atoms with Gasteiger partial charge in [-0.15, -0.1) is 0 Å². The Kier molecular flexibility index (Phi) is 4.26. The summed E-state index contributed by atoms with van der Waals surface area (Å²) in [5, 5.41) is 10.7. The van der Waals surface area contributed by atoms with Gasteiger partial charge in [0.2, 0.25) is 0 Å². The van der Waals surface area contributed by atoms with Crippen molar-refractivity contribution < 1.29 is 0 Å². The molecule has 1 N–H and O–H groups in total. The minimum Gasteiger partial charge on any atom is -0.381 e. The number of benzene rings is 1. The summed E-state index contributed by atoms with van der Waals surface area (Å²) >= 11 is 1.78. The lowest BCUT2D eigenvalue weighted by atomic mass is 10.0. The molecule has 1 saturated heterocycles. The van der Waals surface area contributed by atoms with Gasteiger partial charge in [0, 0.05) is 48.0 Å². The topological polar surface area (TPSA) is 28.2 Å². The summed E-state index contributed by atoms with van der Waals surface area (Å²) < 4.78 is 0. The fraction of sp³-hybridized carbons (Fsp3) is 0.316. The van der Waals surface area contributed by atoms with E-state index in [2.05, 4.69) is 56.3 Å². The smallest absolute Gasteiger partial charge is 0.0423 e. The van der Waals surface area contributed by atoms with Crippen molar-refractivity contribution in [2.75, 3.05) is 18.4 Å². The lowest BCUT2D eigenvalue weighted by molar-refractivity contribution is 0.209. The Morgan fingerprint density at radius 2 is 2.26 bits per heavy atom. The Balaban J connectivity index is 1.47. The number of rotatable bonds is 4. The van der Waals surface area contributed by atoms with E-state index in [4.69, 9.17) is 0 Å². The maximum atomic E-state index is 4.22. The number of hydrogen-bond acceptors (Lipinski definition) is 4. The molecule has 4 heteroatoms. The molecule has 1 aliphatic heterocycles. The van der Waals surface area contributed by atoms with Crippen LogP contribution in [0, 0.1) is 0 Å². The van der Waals surface area contributed by atoms with Crippen LogP contribution in [0.3, 0.4) is 0 Å². The van der Waals surface area contributed by atoms with Crippen molar-refractivity contribution in [3.8, 4) is 0 Å². The van der Waals surface area contributed by atoms with Gasteiger partial charge in [0.25, 0.3) is 0 Å². The van der Waals surface area contributed by atoms with Gasteiger partial charge in [-0.1, -0.05) is 12.1 Å². The molecule has 0 saturated carbocycles. The second kappa shape index (κ2) is 6.69. The van der Waals surface area contributed by atoms with Crippen molar-refractivity contribution in [2.45, 2.75) is 25.4 Å². The van der Waals surface area contributed by atoms with E-state index < -0.39 is 0 Å². The lowest BCUT2D eigenvalue weighted by Crippen LogP contribution is -2.41. The zero-order valence-electron chi connectivity index (χ0n) is 13.1. The number of likely N-dealkylation sites (tertiary alicyclic amines) is 1. The number of pyridine rings is 1. The molecule has 1 fully saturated rings. The van der Waals surface area contributed by atoms with Gasteiger partial charge in [-0.25, -0.2) is 0 Å². The molecular formula is C19H21N3S. The number of fused-ring (bicyclic) bond motifs is 1. The van der Waals surface area contributed by atoms with Gasteiger partial charge < -0.3 is 5.32 Å². The van der Waals surface area contributed by atoms with Crippen LogP contribution in [-0.4, -0.2) is 29.0 Å². The molecule has 0 radical (unpaired) electrons. The van der Waals surface area contributed by atoms with E-state index in [0.717, 1.165) is 13.1 Å². The van der Waals surface area contributed by atoms with Crippen molar-refractivity contribution in [3.05, 3.63) is 59.0 Å². The average molecular weight is 323 g/mol. The molecule has 23 heavy (non-hydrogen) atoms. The Hall–Kier alpha value is -1.91. The SMILES string of the molecule is c1cc(NC2CCCN(Cc3ccsc3)C2)c2ccncc2c1. The summed E-state index contributed by atoms with van der Waals surface area (Å²) in [7, 11) is 0. The Bertz CT molecular complexity index is 764. The van der Waals surface area contributed by atoms with Gasteiger partial charge >= 0.3 is 0 Å². The fourth-order valence-corrected chi connectivity index (χ4v) is 4.09. The summed E-state index contributed by atoms with van der Waals surface area (Å²) in [6.45, 7) is 3.38. The highest BCUT2D eigenvalue weighted by Gasteiger charge is 2.20. The average Bonchev–Trinajstić information content (AvgIpc) is 3.09. The predicted molar refractivity (Wildman–Crippen MR) is 98.0 cm³/mol. The first-order valence-corrected chi connectivity index (χ1v) is 9.15. The molecule has 0 bridgehead atoms. The number of thiophene rings is 1. The molecule has 3 heterocycles. The van der Waals surface area contributed by atoms with Gasteiger partial charge in [-0.2, -0.15) is 11.3 Å². The molecule has 0 aliphatic carbocycles. The van der Waals surface area contributed by atoms with Crippen molar-refractivity contribution in [2.24, 2.45) is 0 Å². The molecule has 1 aliphatic rings. The Morgan fingerprint density at radius 3 is 3.17 bits per heavy atom. The maximum absolute atomic E-state index is 4.22.